The van der Waals surface area contributed by atoms with Crippen LogP contribution >= 0.6 is 23.5 Å². The van der Waals surface area contributed by atoms with E-state index in [2.05, 4.69) is 4.99 Å². The average Bonchev–Trinajstić information content (AvgIpc) is 3.02. The summed E-state index contributed by atoms with van der Waals surface area (Å²) in [7, 11) is 0. The summed E-state index contributed by atoms with van der Waals surface area (Å²) < 4.78 is 10.8. The summed E-state index contributed by atoms with van der Waals surface area (Å²) in [4.78, 5) is 39.2. The molecule has 29 heavy (non-hydrogen) atoms. The van der Waals surface area contributed by atoms with Crippen molar-refractivity contribution < 1.29 is 23.9 Å². The molecule has 0 N–H and O–H groups in total. The molecule has 0 saturated heterocycles. The van der Waals surface area contributed by atoms with Crippen molar-refractivity contribution in [3.05, 3.63) is 65.4 Å². The van der Waals surface area contributed by atoms with Crippen LogP contribution in [0.2, 0.25) is 0 Å². The van der Waals surface area contributed by atoms with E-state index in [9.17, 15) is 14.4 Å². The Labute approximate surface area is 176 Å². The van der Waals surface area contributed by atoms with E-state index in [-0.39, 0.29) is 16.6 Å². The Kier molecular flexibility index (Phi) is 6.90. The van der Waals surface area contributed by atoms with E-state index in [0.717, 1.165) is 23.1 Å². The molecule has 1 heterocycles. The van der Waals surface area contributed by atoms with Crippen molar-refractivity contribution in [1.82, 2.24) is 0 Å². The van der Waals surface area contributed by atoms with Crippen LogP contribution in [-0.2, 0) is 20.1 Å². The first kappa shape index (κ1) is 20.9. The van der Waals surface area contributed by atoms with Crippen LogP contribution in [0, 0.1) is 0 Å². The van der Waals surface area contributed by atoms with Crippen molar-refractivity contribution in [3.63, 3.8) is 0 Å². The lowest BCUT2D eigenvalue weighted by Gasteiger charge is -2.09. The summed E-state index contributed by atoms with van der Waals surface area (Å²) in [6.07, 6.45) is 1.61. The molecular formula is C21H17NO5S2. The minimum absolute atomic E-state index is 0.0998. The zero-order chi connectivity index (χ0) is 20.8. The van der Waals surface area contributed by atoms with Gasteiger partial charge in [-0.05, 0) is 41.1 Å². The standard InChI is InChI=1S/C21H17NO5S2/c1-13(23)26-18-9-8-16(11-19(18)27-14(2)24)10-17-20(25)29-21(22-17)28-12-15-6-4-3-5-7-15/h3-11H,12H2,1-2H3/b17-10+. The normalized spacial score (nSPS) is 14.6. The number of nitrogens with zero attached hydrogens (tertiary/aromatic N) is 1. The molecule has 8 heteroatoms. The second-order valence-corrected chi connectivity index (χ2v) is 8.15. The molecular weight excluding hydrogens is 410 g/mol. The Morgan fingerprint density at radius 3 is 2.41 bits per heavy atom. The van der Waals surface area contributed by atoms with Gasteiger partial charge >= 0.3 is 11.9 Å². The maximum Gasteiger partial charge on any atom is 0.308 e. The number of ether oxygens (including phenoxy) is 2. The summed E-state index contributed by atoms with van der Waals surface area (Å²) in [6.45, 7) is 2.51. The zero-order valence-electron chi connectivity index (χ0n) is 15.7. The molecule has 2 aromatic carbocycles. The predicted octanol–water partition coefficient (Wildman–Crippen LogP) is 4.44. The zero-order valence-corrected chi connectivity index (χ0v) is 17.3. The van der Waals surface area contributed by atoms with Crippen molar-refractivity contribution in [2.75, 3.05) is 0 Å². The van der Waals surface area contributed by atoms with Crippen molar-refractivity contribution in [2.24, 2.45) is 4.99 Å². The lowest BCUT2D eigenvalue weighted by Crippen LogP contribution is -2.07. The highest BCUT2D eigenvalue weighted by Gasteiger charge is 2.23. The van der Waals surface area contributed by atoms with Crippen molar-refractivity contribution in [2.45, 2.75) is 19.6 Å². The molecule has 0 saturated carbocycles. The summed E-state index contributed by atoms with van der Waals surface area (Å²) in [5.41, 5.74) is 2.05. The van der Waals surface area contributed by atoms with Gasteiger partial charge in [-0.1, -0.05) is 48.2 Å². The molecule has 0 fully saturated rings. The number of rotatable bonds is 5. The molecule has 0 aliphatic carbocycles. The average molecular weight is 428 g/mol. The van der Waals surface area contributed by atoms with E-state index < -0.39 is 11.9 Å². The third-order valence-electron chi connectivity index (χ3n) is 3.58. The Bertz CT molecular complexity index is 1010. The van der Waals surface area contributed by atoms with E-state index in [0.29, 0.717) is 15.6 Å². The minimum Gasteiger partial charge on any atom is -0.423 e. The van der Waals surface area contributed by atoms with Gasteiger partial charge in [0.2, 0.25) is 5.12 Å². The van der Waals surface area contributed by atoms with Crippen LogP contribution in [0.25, 0.3) is 6.08 Å². The molecule has 3 rings (SSSR count). The molecule has 1 aliphatic heterocycles. The van der Waals surface area contributed by atoms with E-state index in [1.54, 1.807) is 12.1 Å². The molecule has 0 unspecified atom stereocenters. The molecule has 0 bridgehead atoms. The Balaban J connectivity index is 1.78. The molecule has 0 aromatic heterocycles. The number of hydrogen-bond donors (Lipinski definition) is 0. The van der Waals surface area contributed by atoms with Gasteiger partial charge < -0.3 is 9.47 Å². The highest BCUT2D eigenvalue weighted by Crippen LogP contribution is 2.34. The number of carbonyl (C=O) groups excluding carboxylic acids is 3. The van der Waals surface area contributed by atoms with Crippen LogP contribution in [0.1, 0.15) is 25.0 Å². The van der Waals surface area contributed by atoms with Gasteiger partial charge in [0.15, 0.2) is 11.5 Å². The Hall–Kier alpha value is -2.84. The third-order valence-corrected chi connectivity index (χ3v) is 5.66. The van der Waals surface area contributed by atoms with Crippen molar-refractivity contribution in [1.29, 1.82) is 0 Å². The summed E-state index contributed by atoms with van der Waals surface area (Å²) in [5, 5.41) is -0.154. The molecule has 0 radical (unpaired) electrons. The molecule has 2 aromatic rings. The van der Waals surface area contributed by atoms with Gasteiger partial charge in [0.25, 0.3) is 0 Å². The van der Waals surface area contributed by atoms with Gasteiger partial charge in [-0.25, -0.2) is 4.99 Å². The Morgan fingerprint density at radius 1 is 1.03 bits per heavy atom. The minimum atomic E-state index is -0.548. The van der Waals surface area contributed by atoms with Crippen molar-refractivity contribution in [3.8, 4) is 11.5 Å². The third kappa shape index (κ3) is 6.07. The van der Waals surface area contributed by atoms with Crippen LogP contribution in [0.15, 0.2) is 59.2 Å². The monoisotopic (exact) mass is 427 g/mol. The topological polar surface area (TPSA) is 82.0 Å². The molecule has 148 valence electrons. The largest absolute Gasteiger partial charge is 0.423 e. The maximum absolute atomic E-state index is 12.3. The van der Waals surface area contributed by atoms with Gasteiger partial charge in [0.05, 0.1) is 0 Å². The molecule has 0 amide bonds. The second-order valence-electron chi connectivity index (χ2n) is 5.96. The van der Waals surface area contributed by atoms with Crippen LogP contribution in [0.4, 0.5) is 0 Å². The molecule has 0 spiro atoms. The fraction of sp³-hybridized carbons (Fsp3) is 0.143. The first-order chi connectivity index (χ1) is 13.9. The predicted molar refractivity (Wildman–Crippen MR) is 115 cm³/mol. The van der Waals surface area contributed by atoms with Crippen molar-refractivity contribution >= 4 is 51.0 Å². The first-order valence-electron chi connectivity index (χ1n) is 8.61. The van der Waals surface area contributed by atoms with Crippen LogP contribution in [0.3, 0.4) is 0 Å². The summed E-state index contributed by atoms with van der Waals surface area (Å²) >= 11 is 2.59. The molecule has 1 aliphatic rings. The first-order valence-corrected chi connectivity index (χ1v) is 10.4. The Morgan fingerprint density at radius 2 is 1.72 bits per heavy atom. The van der Waals surface area contributed by atoms with Gasteiger partial charge in [0, 0.05) is 19.6 Å². The number of benzene rings is 2. The SMILES string of the molecule is CC(=O)Oc1ccc(/C=C2/N=C(SCc3ccccc3)SC2=O)cc1OC(C)=O. The van der Waals surface area contributed by atoms with Crippen LogP contribution in [-0.4, -0.2) is 21.4 Å². The summed E-state index contributed by atoms with van der Waals surface area (Å²) in [6, 6.07) is 14.6. The lowest BCUT2D eigenvalue weighted by molar-refractivity contribution is -0.134. The smallest absolute Gasteiger partial charge is 0.308 e. The van der Waals surface area contributed by atoms with Crippen LogP contribution < -0.4 is 9.47 Å². The number of aliphatic imine (C=N–C) groups is 1. The lowest BCUT2D eigenvalue weighted by atomic mass is 10.1. The number of hydrogen-bond acceptors (Lipinski definition) is 8. The number of thioether (sulfide) groups is 2. The maximum atomic E-state index is 12.3. The van der Waals surface area contributed by atoms with Gasteiger partial charge in [0.1, 0.15) is 10.1 Å². The second kappa shape index (κ2) is 9.58. The highest BCUT2D eigenvalue weighted by molar-refractivity contribution is 8.45. The fourth-order valence-electron chi connectivity index (χ4n) is 2.42. The van der Waals surface area contributed by atoms with E-state index in [1.807, 2.05) is 30.3 Å². The van der Waals surface area contributed by atoms with E-state index in [4.69, 9.17) is 9.47 Å². The quantitative estimate of drug-likeness (QED) is 0.396. The number of esters is 2. The fourth-order valence-corrected chi connectivity index (χ4v) is 4.21. The number of carbonyl (C=O) groups is 3. The van der Waals surface area contributed by atoms with Gasteiger partial charge in [-0.2, -0.15) is 0 Å². The summed E-state index contributed by atoms with van der Waals surface area (Å²) in [5.74, 6) is -0.127. The van der Waals surface area contributed by atoms with Gasteiger partial charge in [-0.3, -0.25) is 14.4 Å². The molecule has 0 atom stereocenters. The van der Waals surface area contributed by atoms with E-state index in [1.165, 1.54) is 37.7 Å². The van der Waals surface area contributed by atoms with Gasteiger partial charge in [-0.15, -0.1) is 0 Å². The van der Waals surface area contributed by atoms with E-state index >= 15 is 0 Å². The highest BCUT2D eigenvalue weighted by atomic mass is 32.2. The molecule has 6 nitrogen and oxygen atoms in total. The van der Waals surface area contributed by atoms with Crippen LogP contribution in [0.5, 0.6) is 11.5 Å².